The molecular weight excluding hydrogens is 248 g/mol. The van der Waals surface area contributed by atoms with Crippen molar-refractivity contribution in [2.75, 3.05) is 13.1 Å². The maximum Gasteiger partial charge on any atom is 0.227 e. The number of aryl methyl sites for hydroxylation is 2. The molecule has 1 aromatic carbocycles. The second-order valence-electron chi connectivity index (χ2n) is 6.21. The summed E-state index contributed by atoms with van der Waals surface area (Å²) in [6.07, 6.45) is 2.73. The van der Waals surface area contributed by atoms with Gasteiger partial charge in [0.2, 0.25) is 5.91 Å². The summed E-state index contributed by atoms with van der Waals surface area (Å²) in [5.41, 5.74) is 9.55. The van der Waals surface area contributed by atoms with Crippen molar-refractivity contribution in [2.45, 2.75) is 46.1 Å². The molecule has 3 nitrogen and oxygen atoms in total. The van der Waals surface area contributed by atoms with Crippen LogP contribution in [-0.4, -0.2) is 29.9 Å². The van der Waals surface area contributed by atoms with Crippen LogP contribution in [0.5, 0.6) is 0 Å². The first-order chi connectivity index (χ1) is 9.47. The van der Waals surface area contributed by atoms with Crippen molar-refractivity contribution in [1.29, 1.82) is 0 Å². The zero-order chi connectivity index (χ0) is 14.7. The third-order valence-corrected chi connectivity index (χ3v) is 4.40. The van der Waals surface area contributed by atoms with E-state index in [9.17, 15) is 4.79 Å². The van der Waals surface area contributed by atoms with E-state index < -0.39 is 0 Å². The molecule has 1 amide bonds. The van der Waals surface area contributed by atoms with Crippen LogP contribution in [0.4, 0.5) is 0 Å². The molecule has 0 aromatic heterocycles. The Morgan fingerprint density at radius 1 is 1.45 bits per heavy atom. The minimum Gasteiger partial charge on any atom is -0.342 e. The van der Waals surface area contributed by atoms with Gasteiger partial charge in [0.05, 0.1) is 6.42 Å². The second kappa shape index (κ2) is 6.40. The van der Waals surface area contributed by atoms with Crippen LogP contribution < -0.4 is 5.73 Å². The standard InChI is InChI=1S/C17H26N2O/c1-12-6-7-13(2)16(9-12)10-17(20)19-8-4-5-15(11-19)14(3)18/h6-7,9,14-15H,4-5,8,10-11,18H2,1-3H3. The number of nitrogens with two attached hydrogens (primary N) is 1. The number of benzene rings is 1. The molecule has 0 aliphatic carbocycles. The van der Waals surface area contributed by atoms with Crippen molar-refractivity contribution < 1.29 is 4.79 Å². The minimum absolute atomic E-state index is 0.173. The molecule has 0 saturated carbocycles. The van der Waals surface area contributed by atoms with Gasteiger partial charge in [0.15, 0.2) is 0 Å². The lowest BCUT2D eigenvalue weighted by atomic mass is 9.91. The van der Waals surface area contributed by atoms with Gasteiger partial charge in [0, 0.05) is 19.1 Å². The Morgan fingerprint density at radius 3 is 2.90 bits per heavy atom. The molecule has 2 rings (SSSR count). The van der Waals surface area contributed by atoms with Gasteiger partial charge in [0.25, 0.3) is 0 Å². The third-order valence-electron chi connectivity index (χ3n) is 4.40. The van der Waals surface area contributed by atoms with Crippen LogP contribution in [0.1, 0.15) is 36.5 Å². The first-order valence-corrected chi connectivity index (χ1v) is 7.57. The number of likely N-dealkylation sites (tertiary alicyclic amines) is 1. The van der Waals surface area contributed by atoms with E-state index in [4.69, 9.17) is 5.73 Å². The molecule has 1 fully saturated rings. The van der Waals surface area contributed by atoms with Gasteiger partial charge in [-0.05, 0) is 50.7 Å². The zero-order valence-corrected chi connectivity index (χ0v) is 12.9. The van der Waals surface area contributed by atoms with E-state index in [2.05, 4.69) is 32.0 Å². The lowest BCUT2D eigenvalue weighted by Crippen LogP contribution is -2.45. The summed E-state index contributed by atoms with van der Waals surface area (Å²) in [7, 11) is 0. The Hall–Kier alpha value is -1.35. The maximum absolute atomic E-state index is 12.5. The van der Waals surface area contributed by atoms with Gasteiger partial charge in [-0.25, -0.2) is 0 Å². The van der Waals surface area contributed by atoms with Gasteiger partial charge in [-0.15, -0.1) is 0 Å². The highest BCUT2D eigenvalue weighted by atomic mass is 16.2. The first kappa shape index (κ1) is 15.0. The molecule has 2 N–H and O–H groups in total. The molecule has 0 bridgehead atoms. The molecule has 1 saturated heterocycles. The van der Waals surface area contributed by atoms with Crippen LogP contribution in [-0.2, 0) is 11.2 Å². The quantitative estimate of drug-likeness (QED) is 0.920. The Morgan fingerprint density at radius 2 is 2.20 bits per heavy atom. The van der Waals surface area contributed by atoms with Gasteiger partial charge < -0.3 is 10.6 Å². The van der Waals surface area contributed by atoms with Gasteiger partial charge >= 0.3 is 0 Å². The maximum atomic E-state index is 12.5. The van der Waals surface area contributed by atoms with Crippen molar-refractivity contribution >= 4 is 5.91 Å². The van der Waals surface area contributed by atoms with Crippen LogP contribution in [0.3, 0.4) is 0 Å². The fraction of sp³-hybridized carbons (Fsp3) is 0.588. The predicted molar refractivity (Wildman–Crippen MR) is 82.6 cm³/mol. The molecule has 110 valence electrons. The summed E-state index contributed by atoms with van der Waals surface area (Å²) < 4.78 is 0. The predicted octanol–water partition coefficient (Wildman–Crippen LogP) is 2.43. The molecule has 20 heavy (non-hydrogen) atoms. The van der Waals surface area contributed by atoms with Crippen LogP contribution in [0, 0.1) is 19.8 Å². The fourth-order valence-corrected chi connectivity index (χ4v) is 2.93. The van der Waals surface area contributed by atoms with E-state index in [1.807, 2.05) is 11.8 Å². The topological polar surface area (TPSA) is 46.3 Å². The third kappa shape index (κ3) is 3.60. The molecule has 1 aliphatic heterocycles. The van der Waals surface area contributed by atoms with E-state index in [1.54, 1.807) is 0 Å². The highest BCUT2D eigenvalue weighted by Gasteiger charge is 2.25. The summed E-state index contributed by atoms with van der Waals surface area (Å²) in [4.78, 5) is 14.5. The highest BCUT2D eigenvalue weighted by Crippen LogP contribution is 2.20. The van der Waals surface area contributed by atoms with Crippen molar-refractivity contribution in [2.24, 2.45) is 11.7 Å². The number of nitrogens with zero attached hydrogens (tertiary/aromatic N) is 1. The largest absolute Gasteiger partial charge is 0.342 e. The molecule has 1 heterocycles. The average Bonchev–Trinajstić information content (AvgIpc) is 2.43. The van der Waals surface area contributed by atoms with Gasteiger partial charge in [-0.1, -0.05) is 23.8 Å². The van der Waals surface area contributed by atoms with Crippen LogP contribution in [0.2, 0.25) is 0 Å². The number of amides is 1. The monoisotopic (exact) mass is 274 g/mol. The Balaban J connectivity index is 2.02. The second-order valence-corrected chi connectivity index (χ2v) is 6.21. The zero-order valence-electron chi connectivity index (χ0n) is 12.9. The number of hydrogen-bond donors (Lipinski definition) is 1. The molecular formula is C17H26N2O. The fourth-order valence-electron chi connectivity index (χ4n) is 2.93. The summed E-state index contributed by atoms with van der Waals surface area (Å²) in [5, 5.41) is 0. The number of rotatable bonds is 3. The number of carbonyl (C=O) groups is 1. The summed E-state index contributed by atoms with van der Waals surface area (Å²) in [6.45, 7) is 7.89. The minimum atomic E-state index is 0.173. The van der Waals surface area contributed by atoms with E-state index in [0.717, 1.165) is 31.5 Å². The van der Waals surface area contributed by atoms with E-state index in [-0.39, 0.29) is 11.9 Å². The molecule has 0 radical (unpaired) electrons. The van der Waals surface area contributed by atoms with Crippen molar-refractivity contribution in [3.63, 3.8) is 0 Å². The Labute approximate surface area is 122 Å². The van der Waals surface area contributed by atoms with Gasteiger partial charge in [-0.3, -0.25) is 4.79 Å². The Kier molecular flexibility index (Phi) is 4.81. The summed E-state index contributed by atoms with van der Waals surface area (Å²) in [6, 6.07) is 6.49. The van der Waals surface area contributed by atoms with E-state index >= 15 is 0 Å². The molecule has 3 heteroatoms. The lowest BCUT2D eigenvalue weighted by Gasteiger charge is -2.34. The van der Waals surface area contributed by atoms with E-state index in [1.165, 1.54) is 11.1 Å². The van der Waals surface area contributed by atoms with E-state index in [0.29, 0.717) is 12.3 Å². The van der Waals surface area contributed by atoms with Crippen molar-refractivity contribution in [1.82, 2.24) is 4.90 Å². The van der Waals surface area contributed by atoms with Crippen LogP contribution in [0.15, 0.2) is 18.2 Å². The van der Waals surface area contributed by atoms with Crippen LogP contribution in [0.25, 0.3) is 0 Å². The highest BCUT2D eigenvalue weighted by molar-refractivity contribution is 5.79. The Bertz CT molecular complexity index is 482. The smallest absolute Gasteiger partial charge is 0.227 e. The number of piperidine rings is 1. The molecule has 2 atom stereocenters. The van der Waals surface area contributed by atoms with Crippen LogP contribution >= 0.6 is 0 Å². The first-order valence-electron chi connectivity index (χ1n) is 7.57. The molecule has 1 aliphatic rings. The normalized spacial score (nSPS) is 20.8. The number of hydrogen-bond acceptors (Lipinski definition) is 2. The molecule has 0 spiro atoms. The SMILES string of the molecule is Cc1ccc(C)c(CC(=O)N2CCCC(C(C)N)C2)c1. The van der Waals surface area contributed by atoms with Crippen molar-refractivity contribution in [3.05, 3.63) is 34.9 Å². The summed E-state index contributed by atoms with van der Waals surface area (Å²) in [5.74, 6) is 0.690. The van der Waals surface area contributed by atoms with Gasteiger partial charge in [-0.2, -0.15) is 0 Å². The molecule has 2 unspecified atom stereocenters. The molecule has 1 aromatic rings. The van der Waals surface area contributed by atoms with Gasteiger partial charge in [0.1, 0.15) is 0 Å². The number of carbonyl (C=O) groups excluding carboxylic acids is 1. The lowest BCUT2D eigenvalue weighted by molar-refractivity contribution is -0.132. The summed E-state index contributed by atoms with van der Waals surface area (Å²) >= 11 is 0. The van der Waals surface area contributed by atoms with Crippen molar-refractivity contribution in [3.8, 4) is 0 Å². The average molecular weight is 274 g/mol.